The number of rotatable bonds is 4. The van der Waals surface area contributed by atoms with Gasteiger partial charge in [-0.1, -0.05) is 18.2 Å². The van der Waals surface area contributed by atoms with Crippen LogP contribution in [0.5, 0.6) is 0 Å². The van der Waals surface area contributed by atoms with Crippen molar-refractivity contribution in [3.63, 3.8) is 0 Å². The highest BCUT2D eigenvalue weighted by Gasteiger charge is 2.26. The van der Waals surface area contributed by atoms with Crippen molar-refractivity contribution in [3.8, 4) is 0 Å². The number of hydrogen-bond donors (Lipinski definition) is 3. The molecule has 136 valence electrons. The Morgan fingerprint density at radius 1 is 1.31 bits per heavy atom. The number of hydrogen-bond acceptors (Lipinski definition) is 4. The van der Waals surface area contributed by atoms with Crippen LogP contribution in [0.1, 0.15) is 33.8 Å². The molecule has 2 aromatic carbocycles. The van der Waals surface area contributed by atoms with Gasteiger partial charge in [-0.05, 0) is 36.7 Å². The molecule has 7 heteroatoms. The van der Waals surface area contributed by atoms with Gasteiger partial charge in [0.2, 0.25) is 0 Å². The number of para-hydroxylation sites is 1. The number of carbonyl (C=O) groups is 1. The Morgan fingerprint density at radius 2 is 2.12 bits per heavy atom. The van der Waals surface area contributed by atoms with Crippen LogP contribution in [0.2, 0.25) is 0 Å². The Labute approximate surface area is 150 Å². The van der Waals surface area contributed by atoms with E-state index in [2.05, 4.69) is 10.3 Å². The summed E-state index contributed by atoms with van der Waals surface area (Å²) < 4.78 is 28.4. The Bertz CT molecular complexity index is 853. The lowest BCUT2D eigenvalue weighted by molar-refractivity contribution is 0.100. The fraction of sp³-hybridized carbons (Fsp3) is 0.263. The molecule has 1 fully saturated rings. The molecule has 0 bridgehead atoms. The molecule has 3 rings (SSSR count). The molecule has 1 saturated heterocycles. The molecular formula is C19H20F2N4O. The SMILES string of the molecule is NC(=O)c1cccc(C=Nc2ccc(C3CNCCC3F)cc2F)c1N. The van der Waals surface area contributed by atoms with Gasteiger partial charge in [0.25, 0.3) is 5.91 Å². The van der Waals surface area contributed by atoms with Crippen molar-refractivity contribution in [1.82, 2.24) is 5.32 Å². The number of amides is 1. The largest absolute Gasteiger partial charge is 0.398 e. The predicted molar refractivity (Wildman–Crippen MR) is 98.2 cm³/mol. The minimum atomic E-state index is -0.985. The van der Waals surface area contributed by atoms with Gasteiger partial charge < -0.3 is 16.8 Å². The summed E-state index contributed by atoms with van der Waals surface area (Å²) >= 11 is 0. The predicted octanol–water partition coefficient (Wildman–Crippen LogP) is 2.67. The molecule has 0 aromatic heterocycles. The van der Waals surface area contributed by atoms with Crippen molar-refractivity contribution in [2.24, 2.45) is 10.7 Å². The van der Waals surface area contributed by atoms with Crippen LogP contribution in [-0.4, -0.2) is 31.4 Å². The minimum Gasteiger partial charge on any atom is -0.398 e. The molecule has 2 aromatic rings. The van der Waals surface area contributed by atoms with Crippen LogP contribution in [0.4, 0.5) is 20.2 Å². The molecule has 5 nitrogen and oxygen atoms in total. The van der Waals surface area contributed by atoms with Gasteiger partial charge in [-0.15, -0.1) is 0 Å². The fourth-order valence-corrected chi connectivity index (χ4v) is 3.06. The Kier molecular flexibility index (Phi) is 5.27. The molecule has 0 aliphatic carbocycles. The van der Waals surface area contributed by atoms with Gasteiger partial charge in [-0.2, -0.15) is 0 Å². The maximum Gasteiger partial charge on any atom is 0.250 e. The molecule has 5 N–H and O–H groups in total. The lowest BCUT2D eigenvalue weighted by Crippen LogP contribution is -2.36. The molecule has 2 atom stereocenters. The number of alkyl halides is 1. The maximum absolute atomic E-state index is 14.4. The lowest BCUT2D eigenvalue weighted by Gasteiger charge is -2.27. The highest BCUT2D eigenvalue weighted by Crippen LogP contribution is 2.29. The lowest BCUT2D eigenvalue weighted by atomic mass is 9.90. The van der Waals surface area contributed by atoms with Crippen molar-refractivity contribution in [1.29, 1.82) is 0 Å². The van der Waals surface area contributed by atoms with E-state index in [0.29, 0.717) is 30.6 Å². The third kappa shape index (κ3) is 3.72. The van der Waals surface area contributed by atoms with E-state index in [0.717, 1.165) is 0 Å². The average molecular weight is 358 g/mol. The third-order valence-electron chi connectivity index (χ3n) is 4.55. The molecule has 0 radical (unpaired) electrons. The number of nitrogens with zero attached hydrogens (tertiary/aromatic N) is 1. The van der Waals surface area contributed by atoms with Crippen molar-refractivity contribution >= 4 is 23.5 Å². The molecule has 0 spiro atoms. The highest BCUT2D eigenvalue weighted by molar-refractivity contribution is 6.02. The summed E-state index contributed by atoms with van der Waals surface area (Å²) in [5.74, 6) is -1.55. The van der Waals surface area contributed by atoms with Crippen molar-refractivity contribution < 1.29 is 13.6 Å². The fourth-order valence-electron chi connectivity index (χ4n) is 3.06. The molecular weight excluding hydrogens is 338 g/mol. The zero-order valence-electron chi connectivity index (χ0n) is 14.1. The summed E-state index contributed by atoms with van der Waals surface area (Å²) in [5, 5.41) is 3.12. The van der Waals surface area contributed by atoms with Crippen molar-refractivity contribution in [2.45, 2.75) is 18.5 Å². The standard InChI is InChI=1S/C19H20F2N4O/c20-15-6-7-24-10-14(15)11-4-5-17(16(21)8-11)25-9-12-2-1-3-13(18(12)22)19(23)26/h1-5,8-9,14-15,24H,6-7,10,22H2,(H2,23,26). The highest BCUT2D eigenvalue weighted by atomic mass is 19.1. The summed E-state index contributed by atoms with van der Waals surface area (Å²) in [7, 11) is 0. The van der Waals surface area contributed by atoms with E-state index in [-0.39, 0.29) is 22.9 Å². The second-order valence-electron chi connectivity index (χ2n) is 6.26. The van der Waals surface area contributed by atoms with Gasteiger partial charge in [0.15, 0.2) is 0 Å². The van der Waals surface area contributed by atoms with Crippen molar-refractivity contribution in [2.75, 3.05) is 18.8 Å². The summed E-state index contributed by atoms with van der Waals surface area (Å²) in [6, 6.07) is 9.30. The monoisotopic (exact) mass is 358 g/mol. The first-order valence-electron chi connectivity index (χ1n) is 8.34. The second-order valence-corrected chi connectivity index (χ2v) is 6.26. The Hall–Kier alpha value is -2.80. The summed E-state index contributed by atoms with van der Waals surface area (Å²) in [6.07, 6.45) is 0.808. The molecule has 0 saturated carbocycles. The van der Waals surface area contributed by atoms with Gasteiger partial charge in [-0.25, -0.2) is 8.78 Å². The Morgan fingerprint density at radius 3 is 2.81 bits per heavy atom. The zero-order chi connectivity index (χ0) is 18.7. The number of halogens is 2. The van der Waals surface area contributed by atoms with E-state index >= 15 is 0 Å². The van der Waals surface area contributed by atoms with Crippen LogP contribution in [0.15, 0.2) is 41.4 Å². The molecule has 1 aliphatic rings. The van der Waals surface area contributed by atoms with Gasteiger partial charge in [0, 0.05) is 24.2 Å². The molecule has 1 heterocycles. The van der Waals surface area contributed by atoms with E-state index < -0.39 is 17.9 Å². The summed E-state index contributed by atoms with van der Waals surface area (Å²) in [6.45, 7) is 1.12. The first kappa shape index (κ1) is 18.0. The number of nitrogens with one attached hydrogen (secondary N) is 1. The number of piperidine rings is 1. The van der Waals surface area contributed by atoms with Gasteiger partial charge in [0.1, 0.15) is 12.0 Å². The van der Waals surface area contributed by atoms with Gasteiger partial charge in [-0.3, -0.25) is 9.79 Å². The first-order chi connectivity index (χ1) is 12.5. The summed E-state index contributed by atoms with van der Waals surface area (Å²) in [4.78, 5) is 15.4. The number of carbonyl (C=O) groups excluding carboxylic acids is 1. The maximum atomic E-state index is 14.4. The van der Waals surface area contributed by atoms with E-state index in [1.54, 1.807) is 18.2 Å². The number of anilines is 1. The number of primary amides is 1. The van der Waals surface area contributed by atoms with Crippen LogP contribution < -0.4 is 16.8 Å². The normalized spacial score (nSPS) is 20.4. The van der Waals surface area contributed by atoms with Crippen LogP contribution in [0.3, 0.4) is 0 Å². The second kappa shape index (κ2) is 7.61. The van der Waals surface area contributed by atoms with E-state index in [1.807, 2.05) is 0 Å². The molecule has 2 unspecified atom stereocenters. The zero-order valence-corrected chi connectivity index (χ0v) is 14.1. The van der Waals surface area contributed by atoms with Crippen LogP contribution >= 0.6 is 0 Å². The van der Waals surface area contributed by atoms with Crippen molar-refractivity contribution in [3.05, 3.63) is 58.9 Å². The van der Waals surface area contributed by atoms with E-state index in [1.165, 1.54) is 24.4 Å². The topological polar surface area (TPSA) is 93.5 Å². The van der Waals surface area contributed by atoms with E-state index in [4.69, 9.17) is 11.5 Å². The number of aliphatic imine (C=N–C) groups is 1. The molecule has 26 heavy (non-hydrogen) atoms. The van der Waals surface area contributed by atoms with Crippen LogP contribution in [0.25, 0.3) is 0 Å². The van der Waals surface area contributed by atoms with Gasteiger partial charge in [0.05, 0.1) is 16.9 Å². The Balaban J connectivity index is 1.84. The van der Waals surface area contributed by atoms with Crippen LogP contribution in [0, 0.1) is 5.82 Å². The van der Waals surface area contributed by atoms with Crippen LogP contribution in [-0.2, 0) is 0 Å². The number of benzene rings is 2. The average Bonchev–Trinajstić information content (AvgIpc) is 2.62. The minimum absolute atomic E-state index is 0.108. The van der Waals surface area contributed by atoms with E-state index in [9.17, 15) is 13.6 Å². The quantitative estimate of drug-likeness (QED) is 0.579. The first-order valence-corrected chi connectivity index (χ1v) is 8.34. The summed E-state index contributed by atoms with van der Waals surface area (Å²) in [5.41, 5.74) is 12.7. The number of nitrogen functional groups attached to an aromatic ring is 1. The molecule has 1 aliphatic heterocycles. The van der Waals surface area contributed by atoms with Gasteiger partial charge >= 0.3 is 0 Å². The third-order valence-corrected chi connectivity index (χ3v) is 4.55. The number of nitrogens with two attached hydrogens (primary N) is 2. The molecule has 1 amide bonds. The smallest absolute Gasteiger partial charge is 0.250 e.